The Morgan fingerprint density at radius 1 is 0.581 bits per heavy atom. The second-order valence-electron chi connectivity index (χ2n) is 16.3. The number of aromatic carboxylic acids is 1. The van der Waals surface area contributed by atoms with Gasteiger partial charge >= 0.3 is 120 Å². The van der Waals surface area contributed by atoms with Crippen LogP contribution in [-0.2, 0) is 40.4 Å². The number of carboxylic acids is 1. The summed E-state index contributed by atoms with van der Waals surface area (Å²) in [7, 11) is 7.07. The molecular formula is C54H64I7N2O9V2. The Bertz CT molecular complexity index is 2540. The Morgan fingerprint density at radius 2 is 0.878 bits per heavy atom. The first-order valence-electron chi connectivity index (χ1n) is 22.4. The van der Waals surface area contributed by atoms with Gasteiger partial charge in [0.1, 0.15) is 23.0 Å². The summed E-state index contributed by atoms with van der Waals surface area (Å²) in [4.78, 5) is 23.1. The summed E-state index contributed by atoms with van der Waals surface area (Å²) in [6.07, 6.45) is 1.56. The topological polar surface area (TPSA) is 170 Å². The molecule has 0 saturated heterocycles. The van der Waals surface area contributed by atoms with E-state index in [-0.39, 0.29) is 36.1 Å². The molecule has 0 fully saturated rings. The van der Waals surface area contributed by atoms with Gasteiger partial charge in [-0.3, -0.25) is 4.79 Å². The van der Waals surface area contributed by atoms with Crippen molar-refractivity contribution in [2.45, 2.75) is 79.7 Å². The molecule has 6 rings (SSSR count). The van der Waals surface area contributed by atoms with Gasteiger partial charge in [-0.2, -0.15) is 0 Å². The van der Waals surface area contributed by atoms with Crippen LogP contribution in [0, 0.1) is 27.7 Å². The molecule has 1 amide bonds. The third-order valence-electron chi connectivity index (χ3n) is 10.9. The van der Waals surface area contributed by atoms with E-state index in [1.165, 1.54) is 5.56 Å². The van der Waals surface area contributed by atoms with Crippen molar-refractivity contribution in [1.82, 2.24) is 5.32 Å². The van der Waals surface area contributed by atoms with Crippen molar-refractivity contribution < 1.29 is 58.2 Å². The number of hydrogen-bond donors (Lipinski definition) is 5. The van der Waals surface area contributed by atoms with Crippen molar-refractivity contribution in [1.29, 1.82) is 0 Å². The van der Waals surface area contributed by atoms with Gasteiger partial charge in [-0.1, -0.05) is 84.9 Å². The Morgan fingerprint density at radius 3 is 1.14 bits per heavy atom. The van der Waals surface area contributed by atoms with Gasteiger partial charge < -0.3 is 45.3 Å². The van der Waals surface area contributed by atoms with Gasteiger partial charge in [0, 0.05) is 54.9 Å². The fourth-order valence-electron chi connectivity index (χ4n) is 7.70. The van der Waals surface area contributed by atoms with Crippen molar-refractivity contribution >= 4 is 149 Å². The Hall–Kier alpha value is -0.381. The van der Waals surface area contributed by atoms with Crippen LogP contribution in [0.25, 0.3) is 22.3 Å². The Labute approximate surface area is 528 Å². The van der Waals surface area contributed by atoms with Crippen LogP contribution in [0.2, 0.25) is 0 Å². The molecule has 0 bridgehead atoms. The Balaban J connectivity index is 0.000000559. The van der Waals surface area contributed by atoms with Gasteiger partial charge in [0.05, 0.1) is 58.3 Å². The number of carbonyl (C=O) groups is 2. The van der Waals surface area contributed by atoms with E-state index in [2.05, 4.69) is 167 Å². The molecule has 0 radical (unpaired) electrons. The van der Waals surface area contributed by atoms with Crippen LogP contribution >= 0.6 is 137 Å². The number of nitrogens with two attached hydrogens (primary N) is 1. The van der Waals surface area contributed by atoms with Crippen LogP contribution in [0.3, 0.4) is 0 Å². The van der Waals surface area contributed by atoms with Crippen LogP contribution in [0.15, 0.2) is 109 Å². The van der Waals surface area contributed by atoms with Crippen LogP contribution < -0.4 is 30.0 Å². The zero-order valence-corrected chi connectivity index (χ0v) is 60.7. The van der Waals surface area contributed by atoms with E-state index < -0.39 is 5.97 Å². The number of carboxylic acid groups (broad SMARTS) is 1. The van der Waals surface area contributed by atoms with Gasteiger partial charge in [0.15, 0.2) is 0 Å². The zero-order chi connectivity index (χ0) is 56.1. The summed E-state index contributed by atoms with van der Waals surface area (Å²) < 4.78 is 22.0. The summed E-state index contributed by atoms with van der Waals surface area (Å²) >= 11 is 16.4. The van der Waals surface area contributed by atoms with Gasteiger partial charge in [-0.05, 0) is 134 Å². The van der Waals surface area contributed by atoms with Crippen molar-refractivity contribution in [3.05, 3.63) is 165 Å². The molecule has 0 spiro atoms. The summed E-state index contributed by atoms with van der Waals surface area (Å²) in [5.41, 5.74) is 18.1. The molecule has 2 atom stereocenters. The predicted molar refractivity (Wildman–Crippen MR) is 357 cm³/mol. The normalized spacial score (nSPS) is 10.8. The summed E-state index contributed by atoms with van der Waals surface area (Å²) in [6, 6.07) is 35.1. The molecular weight excluding hydrogens is 1810 g/mol. The van der Waals surface area contributed by atoms with E-state index in [1.54, 1.807) is 54.4 Å². The average molecular weight is 1880 g/mol. The number of benzene rings is 6. The summed E-state index contributed by atoms with van der Waals surface area (Å²) in [5, 5.41) is 30.7. The SMILES string of the molecule is COc1cc(CO)cc(OC)c1-c1ccc(CC(C)N)cc1.COc1cc(CO)cc(OC)c1-c1ccc(CC(C)NC(=O)c2c(C)cccc2C)cc1.Cc1cccc(C)c1C(=O)O.II.[I][V]([I])[I].[I][V][I]. The van der Waals surface area contributed by atoms with Gasteiger partial charge in [-0.25, -0.2) is 4.79 Å². The van der Waals surface area contributed by atoms with Crippen molar-refractivity contribution in [2.24, 2.45) is 5.73 Å². The fraction of sp³-hybridized carbons (Fsp3) is 0.296. The molecule has 6 aromatic rings. The molecule has 403 valence electrons. The molecule has 6 aromatic carbocycles. The molecule has 20 heteroatoms. The fourth-order valence-corrected chi connectivity index (χ4v) is 7.70. The zero-order valence-electron chi connectivity index (χ0n) is 42.8. The maximum absolute atomic E-state index is 12.8. The summed E-state index contributed by atoms with van der Waals surface area (Å²) in [5.74, 6) is 1.78. The minimum absolute atomic E-state index is 0.0136. The van der Waals surface area contributed by atoms with Gasteiger partial charge in [0.25, 0.3) is 5.91 Å². The van der Waals surface area contributed by atoms with E-state index in [9.17, 15) is 19.8 Å². The molecule has 74 heavy (non-hydrogen) atoms. The standard InChI is InChI=1S/C27H31NO4.C18H23NO3.C9H10O2.I2.5HI.2V/c1-17-7-6-8-18(2)25(17)27(30)28-19(3)13-20-9-11-22(12-10-20)26-23(31-4)14-21(16-29)15-24(26)32-5;1-12(19)8-13-4-6-15(7-5-13)18-16(21-2)9-14(11-20)10-17(18)22-3;1-6-4-3-5-7(2)8(6)9(10)11;1-2;;;;;;;/h6-12,14-15,19,29H,13,16H2,1-5H3,(H,28,30);4-7,9-10,12,20H,8,11,19H2,1-3H3;3-5H,1-2H3,(H,10,11);;5*1H;;/q;;;;;;;;;+2;+3/p-5. The van der Waals surface area contributed by atoms with Crippen LogP contribution in [0.4, 0.5) is 0 Å². The summed E-state index contributed by atoms with van der Waals surface area (Å²) in [6.45, 7) is 11.4. The molecule has 11 nitrogen and oxygen atoms in total. The third-order valence-corrected chi connectivity index (χ3v) is 10.9. The first kappa shape index (κ1) is 71.6. The van der Waals surface area contributed by atoms with Gasteiger partial charge in [0.2, 0.25) is 0 Å². The maximum atomic E-state index is 12.8. The predicted octanol–water partition coefficient (Wildman–Crippen LogP) is 15.8. The monoisotopic (exact) mass is 1870 g/mol. The molecule has 6 N–H and O–H groups in total. The van der Waals surface area contributed by atoms with Crippen LogP contribution in [0.1, 0.15) is 79.1 Å². The second kappa shape index (κ2) is 39.9. The molecule has 2 unspecified atom stereocenters. The van der Waals surface area contributed by atoms with E-state index >= 15 is 0 Å². The molecule has 0 heterocycles. The number of aliphatic hydroxyl groups is 2. The quantitative estimate of drug-likeness (QED) is 0.0624. The Kier molecular flexibility index (Phi) is 38.6. The molecule has 0 saturated carbocycles. The van der Waals surface area contributed by atoms with Crippen molar-refractivity contribution in [2.75, 3.05) is 28.4 Å². The number of nitrogens with one attached hydrogen (secondary N) is 1. The number of aryl methyl sites for hydroxylation is 4. The minimum atomic E-state index is -0.847. The van der Waals surface area contributed by atoms with Crippen LogP contribution in [0.5, 0.6) is 23.0 Å². The average Bonchev–Trinajstić information content (AvgIpc) is 3.36. The molecule has 0 aliphatic rings. The molecule has 0 aromatic heterocycles. The number of halogens is 7. The van der Waals surface area contributed by atoms with E-state index in [4.69, 9.17) is 29.8 Å². The number of ether oxygens (including phenoxy) is 4. The number of amides is 1. The molecule has 0 aliphatic carbocycles. The van der Waals surface area contributed by atoms with E-state index in [1.807, 2.05) is 100 Å². The first-order valence-corrected chi connectivity index (χ1v) is 51.2. The third kappa shape index (κ3) is 25.0. The van der Waals surface area contributed by atoms with Crippen LogP contribution in [-0.4, -0.2) is 67.7 Å². The first-order chi connectivity index (χ1) is 35.2. The number of rotatable bonds is 15. The molecule has 0 aliphatic heterocycles. The van der Waals surface area contributed by atoms with E-state index in [0.717, 1.165) is 73.2 Å². The van der Waals surface area contributed by atoms with Crippen molar-refractivity contribution in [3.63, 3.8) is 0 Å². The van der Waals surface area contributed by atoms with Crippen molar-refractivity contribution in [3.8, 4) is 45.3 Å². The number of hydrogen-bond acceptors (Lipinski definition) is 9. The van der Waals surface area contributed by atoms with Gasteiger partial charge in [-0.15, -0.1) is 0 Å². The number of methoxy groups -OCH3 is 4. The van der Waals surface area contributed by atoms with E-state index in [0.29, 0.717) is 44.4 Å². The number of aliphatic hydroxyl groups excluding tert-OH is 2. The second-order valence-corrected chi connectivity index (χ2v) is 63.5. The number of carbonyl (C=O) groups excluding carboxylic acids is 1.